The van der Waals surface area contributed by atoms with Gasteiger partial charge in [0.25, 0.3) is 0 Å². The summed E-state index contributed by atoms with van der Waals surface area (Å²) in [7, 11) is 0. The first-order valence-electron chi connectivity index (χ1n) is 5.46. The van der Waals surface area contributed by atoms with Crippen molar-refractivity contribution in [3.63, 3.8) is 0 Å². The van der Waals surface area contributed by atoms with Gasteiger partial charge in [0.1, 0.15) is 13.2 Å². The molecule has 0 fully saturated rings. The fraction of sp³-hybridized carbons (Fsp3) is 0.538. The summed E-state index contributed by atoms with van der Waals surface area (Å²) in [6.07, 6.45) is 0. The molecule has 0 saturated heterocycles. The maximum Gasteiger partial charge on any atom is 0.161 e. The number of ether oxygens (including phenoxy) is 2. The summed E-state index contributed by atoms with van der Waals surface area (Å²) in [6.45, 7) is 9.87. The summed E-state index contributed by atoms with van der Waals surface area (Å²) < 4.78 is 10.7. The third kappa shape index (κ3) is 4.24. The van der Waals surface area contributed by atoms with E-state index in [2.05, 4.69) is 20.8 Å². The SMILES string of the molecule is CC(C)C.Cc1ccc2c(c1)OCCO2. The Morgan fingerprint density at radius 2 is 1.53 bits per heavy atom. The van der Waals surface area contributed by atoms with E-state index in [1.165, 1.54) is 5.56 Å². The highest BCUT2D eigenvalue weighted by molar-refractivity contribution is 5.43. The minimum absolute atomic E-state index is 0.663. The first-order valence-corrected chi connectivity index (χ1v) is 5.46. The van der Waals surface area contributed by atoms with E-state index in [0.29, 0.717) is 13.2 Å². The fourth-order valence-electron chi connectivity index (χ4n) is 1.15. The van der Waals surface area contributed by atoms with Gasteiger partial charge in [0, 0.05) is 0 Å². The molecule has 0 bridgehead atoms. The average molecular weight is 208 g/mol. The van der Waals surface area contributed by atoms with Gasteiger partial charge >= 0.3 is 0 Å². The van der Waals surface area contributed by atoms with Crippen molar-refractivity contribution in [1.82, 2.24) is 0 Å². The van der Waals surface area contributed by atoms with E-state index in [1.807, 2.05) is 25.1 Å². The number of hydrogen-bond donors (Lipinski definition) is 0. The molecule has 1 aliphatic rings. The van der Waals surface area contributed by atoms with E-state index in [1.54, 1.807) is 0 Å². The molecule has 1 aromatic carbocycles. The number of rotatable bonds is 0. The van der Waals surface area contributed by atoms with Crippen LogP contribution in [0.4, 0.5) is 0 Å². The third-order valence-corrected chi connectivity index (χ3v) is 1.70. The Morgan fingerprint density at radius 1 is 1.00 bits per heavy atom. The molecular formula is C13H20O2. The van der Waals surface area contributed by atoms with Crippen LogP contribution in [0.1, 0.15) is 26.3 Å². The van der Waals surface area contributed by atoms with E-state index < -0.39 is 0 Å². The van der Waals surface area contributed by atoms with Crippen LogP contribution in [-0.2, 0) is 0 Å². The normalized spacial score (nSPS) is 13.1. The van der Waals surface area contributed by atoms with Crippen molar-refractivity contribution < 1.29 is 9.47 Å². The lowest BCUT2D eigenvalue weighted by molar-refractivity contribution is 0.171. The highest BCUT2D eigenvalue weighted by atomic mass is 16.6. The molecule has 15 heavy (non-hydrogen) atoms. The van der Waals surface area contributed by atoms with Gasteiger partial charge in [0.2, 0.25) is 0 Å². The van der Waals surface area contributed by atoms with Crippen molar-refractivity contribution in [2.75, 3.05) is 13.2 Å². The molecule has 0 aromatic heterocycles. The molecule has 2 rings (SSSR count). The van der Waals surface area contributed by atoms with Crippen molar-refractivity contribution in [3.05, 3.63) is 23.8 Å². The number of benzene rings is 1. The van der Waals surface area contributed by atoms with E-state index in [-0.39, 0.29) is 0 Å². The van der Waals surface area contributed by atoms with Crippen molar-refractivity contribution in [3.8, 4) is 11.5 Å². The summed E-state index contributed by atoms with van der Waals surface area (Å²) in [6, 6.07) is 5.96. The molecule has 1 heterocycles. The van der Waals surface area contributed by atoms with Crippen LogP contribution in [0.15, 0.2) is 18.2 Å². The van der Waals surface area contributed by atoms with Crippen LogP contribution < -0.4 is 9.47 Å². The van der Waals surface area contributed by atoms with Gasteiger partial charge in [0.15, 0.2) is 11.5 Å². The van der Waals surface area contributed by atoms with Gasteiger partial charge in [-0.3, -0.25) is 0 Å². The second-order valence-corrected chi connectivity index (χ2v) is 4.38. The van der Waals surface area contributed by atoms with Gasteiger partial charge in [-0.1, -0.05) is 26.8 Å². The van der Waals surface area contributed by atoms with Crippen LogP contribution >= 0.6 is 0 Å². The Balaban J connectivity index is 0.000000245. The van der Waals surface area contributed by atoms with Gasteiger partial charge < -0.3 is 9.47 Å². The Morgan fingerprint density at radius 3 is 2.13 bits per heavy atom. The summed E-state index contributed by atoms with van der Waals surface area (Å²) in [5, 5.41) is 0. The zero-order chi connectivity index (χ0) is 11.3. The molecule has 84 valence electrons. The quantitative estimate of drug-likeness (QED) is 0.650. The van der Waals surface area contributed by atoms with Crippen LogP contribution in [-0.4, -0.2) is 13.2 Å². The maximum absolute atomic E-state index is 5.38. The van der Waals surface area contributed by atoms with Gasteiger partial charge in [-0.2, -0.15) is 0 Å². The molecule has 2 nitrogen and oxygen atoms in total. The standard InChI is InChI=1S/C9H10O2.C4H10/c1-7-2-3-8-9(6-7)11-5-4-10-8;1-4(2)3/h2-3,6H,4-5H2,1H3;4H,1-3H3. The van der Waals surface area contributed by atoms with Gasteiger partial charge in [-0.05, 0) is 30.5 Å². The molecule has 0 N–H and O–H groups in total. The van der Waals surface area contributed by atoms with Crippen molar-refractivity contribution in [2.45, 2.75) is 27.7 Å². The second kappa shape index (κ2) is 5.64. The highest BCUT2D eigenvalue weighted by Crippen LogP contribution is 2.30. The lowest BCUT2D eigenvalue weighted by Crippen LogP contribution is -2.15. The zero-order valence-electron chi connectivity index (χ0n) is 10.0. The van der Waals surface area contributed by atoms with Crippen LogP contribution in [0, 0.1) is 12.8 Å². The second-order valence-electron chi connectivity index (χ2n) is 4.38. The van der Waals surface area contributed by atoms with Crippen molar-refractivity contribution in [2.24, 2.45) is 5.92 Å². The monoisotopic (exact) mass is 208 g/mol. The molecule has 0 spiro atoms. The summed E-state index contributed by atoms with van der Waals surface area (Å²) in [5.41, 5.74) is 1.20. The lowest BCUT2D eigenvalue weighted by atomic mass is 10.2. The zero-order valence-corrected chi connectivity index (χ0v) is 10.0. The third-order valence-electron chi connectivity index (χ3n) is 1.70. The molecular weight excluding hydrogens is 188 g/mol. The summed E-state index contributed by atoms with van der Waals surface area (Å²) in [4.78, 5) is 0. The van der Waals surface area contributed by atoms with Crippen LogP contribution in [0.25, 0.3) is 0 Å². The first kappa shape index (κ1) is 11.9. The maximum atomic E-state index is 5.38. The predicted octanol–water partition coefficient (Wildman–Crippen LogP) is 3.43. The molecule has 0 atom stereocenters. The summed E-state index contributed by atoms with van der Waals surface area (Å²) in [5.74, 6) is 2.57. The topological polar surface area (TPSA) is 18.5 Å². The Hall–Kier alpha value is -1.18. The Bertz CT molecular complexity index is 303. The minimum Gasteiger partial charge on any atom is -0.486 e. The highest BCUT2D eigenvalue weighted by Gasteiger charge is 2.09. The molecule has 0 radical (unpaired) electrons. The van der Waals surface area contributed by atoms with E-state index in [0.717, 1.165) is 17.4 Å². The number of fused-ring (bicyclic) bond motifs is 1. The molecule has 1 aromatic rings. The Kier molecular flexibility index (Phi) is 4.47. The molecule has 0 saturated carbocycles. The van der Waals surface area contributed by atoms with Crippen molar-refractivity contribution >= 4 is 0 Å². The Labute approximate surface area is 92.2 Å². The van der Waals surface area contributed by atoms with Gasteiger partial charge in [-0.15, -0.1) is 0 Å². The molecule has 1 aliphatic heterocycles. The van der Waals surface area contributed by atoms with Crippen LogP contribution in [0.5, 0.6) is 11.5 Å². The summed E-state index contributed by atoms with van der Waals surface area (Å²) >= 11 is 0. The van der Waals surface area contributed by atoms with E-state index in [9.17, 15) is 0 Å². The molecule has 0 unspecified atom stereocenters. The smallest absolute Gasteiger partial charge is 0.161 e. The predicted molar refractivity (Wildman–Crippen MR) is 62.7 cm³/mol. The van der Waals surface area contributed by atoms with Gasteiger partial charge in [0.05, 0.1) is 0 Å². The van der Waals surface area contributed by atoms with E-state index >= 15 is 0 Å². The largest absolute Gasteiger partial charge is 0.486 e. The van der Waals surface area contributed by atoms with E-state index in [4.69, 9.17) is 9.47 Å². The van der Waals surface area contributed by atoms with Crippen LogP contribution in [0.3, 0.4) is 0 Å². The number of aryl methyl sites for hydroxylation is 1. The molecule has 2 heteroatoms. The average Bonchev–Trinajstić information content (AvgIpc) is 2.16. The minimum atomic E-state index is 0.663. The molecule has 0 aliphatic carbocycles. The lowest BCUT2D eigenvalue weighted by Gasteiger charge is -2.18. The fourth-order valence-corrected chi connectivity index (χ4v) is 1.15. The first-order chi connectivity index (χ1) is 7.09. The van der Waals surface area contributed by atoms with Crippen LogP contribution in [0.2, 0.25) is 0 Å². The number of hydrogen-bond acceptors (Lipinski definition) is 2. The van der Waals surface area contributed by atoms with Crippen molar-refractivity contribution in [1.29, 1.82) is 0 Å². The molecule has 0 amide bonds. The van der Waals surface area contributed by atoms with Gasteiger partial charge in [-0.25, -0.2) is 0 Å².